The summed E-state index contributed by atoms with van der Waals surface area (Å²) in [6, 6.07) is 32.2. The van der Waals surface area contributed by atoms with E-state index in [1.807, 2.05) is 6.92 Å². The highest BCUT2D eigenvalue weighted by atomic mass is 32.1. The highest BCUT2D eigenvalue weighted by molar-refractivity contribution is 7.80. The van der Waals surface area contributed by atoms with Crippen molar-refractivity contribution in [2.75, 3.05) is 45.9 Å². The lowest BCUT2D eigenvalue weighted by molar-refractivity contribution is 0.156. The Morgan fingerprint density at radius 3 is 2.24 bits per heavy atom. The van der Waals surface area contributed by atoms with Gasteiger partial charge in [0.15, 0.2) is 10.2 Å². The second kappa shape index (κ2) is 17.1. The summed E-state index contributed by atoms with van der Waals surface area (Å²) in [5.41, 5.74) is 4.06. The van der Waals surface area contributed by atoms with Gasteiger partial charge in [-0.25, -0.2) is 0 Å². The van der Waals surface area contributed by atoms with E-state index in [9.17, 15) is 0 Å². The van der Waals surface area contributed by atoms with Crippen LogP contribution in [0.25, 0.3) is 0 Å². The van der Waals surface area contributed by atoms with Gasteiger partial charge >= 0.3 is 0 Å². The van der Waals surface area contributed by atoms with E-state index in [2.05, 4.69) is 124 Å². The van der Waals surface area contributed by atoms with Crippen molar-refractivity contribution < 1.29 is 4.74 Å². The molecule has 0 spiro atoms. The maximum Gasteiger partial charge on any atom is 0.172 e. The van der Waals surface area contributed by atoms with Gasteiger partial charge in [0.25, 0.3) is 0 Å². The van der Waals surface area contributed by atoms with Gasteiger partial charge in [0.1, 0.15) is 5.75 Å². The Balaban J connectivity index is 1.21. The molecule has 262 valence electrons. The van der Waals surface area contributed by atoms with Gasteiger partial charge in [-0.1, -0.05) is 86.6 Å². The van der Waals surface area contributed by atoms with E-state index in [4.69, 9.17) is 29.2 Å². The average molecular weight is 698 g/mol. The molecule has 3 heterocycles. The monoisotopic (exact) mass is 697 g/mol. The summed E-state index contributed by atoms with van der Waals surface area (Å²) in [5, 5.41) is 5.44. The SMILES string of the molecule is CCOc1ccc(CCN2C(=S)N([C@@H](Cc3ccccc3)CN3CCC[C@@H]3CN3C(=S)NC[C@@H]3CC(C)C)C[C@@H]2Cc2ccccc2)cc1. The zero-order valence-electron chi connectivity index (χ0n) is 29.7. The largest absolute Gasteiger partial charge is 0.494 e. The van der Waals surface area contributed by atoms with Gasteiger partial charge in [-0.2, -0.15) is 0 Å². The number of benzene rings is 3. The number of hydrogen-bond acceptors (Lipinski definition) is 4. The highest BCUT2D eigenvalue weighted by Gasteiger charge is 2.40. The first-order valence-corrected chi connectivity index (χ1v) is 19.3. The number of nitrogens with one attached hydrogen (secondary N) is 1. The van der Waals surface area contributed by atoms with Gasteiger partial charge in [-0.15, -0.1) is 0 Å². The first-order valence-electron chi connectivity index (χ1n) is 18.5. The van der Waals surface area contributed by atoms with Crippen LogP contribution in [0.2, 0.25) is 0 Å². The second-order valence-corrected chi connectivity index (χ2v) is 15.3. The molecule has 8 heteroatoms. The van der Waals surface area contributed by atoms with Crippen molar-refractivity contribution >= 4 is 34.7 Å². The summed E-state index contributed by atoms with van der Waals surface area (Å²) >= 11 is 12.3. The van der Waals surface area contributed by atoms with E-state index in [1.165, 1.54) is 36.0 Å². The number of rotatable bonds is 16. The number of nitrogens with zero attached hydrogens (tertiary/aromatic N) is 4. The van der Waals surface area contributed by atoms with Gasteiger partial charge in [0, 0.05) is 50.8 Å². The van der Waals surface area contributed by atoms with Crippen LogP contribution in [-0.2, 0) is 19.3 Å². The molecule has 0 aliphatic carbocycles. The van der Waals surface area contributed by atoms with Crippen LogP contribution in [-0.4, -0.2) is 99.9 Å². The molecule has 1 N–H and O–H groups in total. The molecular weight excluding hydrogens is 643 g/mol. The van der Waals surface area contributed by atoms with Crippen molar-refractivity contribution in [3.05, 3.63) is 102 Å². The van der Waals surface area contributed by atoms with Crippen molar-refractivity contribution in [3.63, 3.8) is 0 Å². The van der Waals surface area contributed by atoms with E-state index in [1.54, 1.807) is 0 Å². The van der Waals surface area contributed by atoms with Crippen molar-refractivity contribution in [1.82, 2.24) is 24.9 Å². The number of ether oxygens (including phenoxy) is 1. The Labute approximate surface area is 305 Å². The van der Waals surface area contributed by atoms with Gasteiger partial charge < -0.3 is 24.8 Å². The standard InChI is InChI=1S/C41H55N5OS2/c1-4-47-39-19-17-32(18-20-39)21-23-44-38(26-34-14-9-6-10-15-34)30-46(41(44)49)37(25-33-12-7-5-8-13-33)28-43-22-11-16-35(43)29-45-36(24-31(2)3)27-42-40(45)48/h5-10,12-15,17-20,31,35-38H,4,11,16,21-30H2,1-3H3,(H,42,48)/t35-,36+,37+,38+/m1/s1. The third-order valence-electron chi connectivity index (χ3n) is 10.6. The molecule has 0 aromatic heterocycles. The first kappa shape index (κ1) is 35.6. The van der Waals surface area contributed by atoms with Crippen LogP contribution >= 0.6 is 24.4 Å². The molecule has 3 aromatic carbocycles. The van der Waals surface area contributed by atoms with Gasteiger partial charge in [-0.05, 0) is 111 Å². The summed E-state index contributed by atoms with van der Waals surface area (Å²) in [6.45, 7) is 13.3. The maximum atomic E-state index is 6.46. The number of hydrogen-bond donors (Lipinski definition) is 1. The quantitative estimate of drug-likeness (QED) is 0.164. The van der Waals surface area contributed by atoms with Gasteiger partial charge in [-0.3, -0.25) is 4.90 Å². The van der Waals surface area contributed by atoms with E-state index in [-0.39, 0.29) is 0 Å². The minimum absolute atomic E-state index is 0.291. The lowest BCUT2D eigenvalue weighted by Crippen LogP contribution is -2.51. The van der Waals surface area contributed by atoms with Crippen LogP contribution in [0, 0.1) is 5.92 Å². The number of thiocarbonyl (C=S) groups is 2. The predicted octanol–water partition coefficient (Wildman–Crippen LogP) is 6.82. The Morgan fingerprint density at radius 2 is 1.55 bits per heavy atom. The van der Waals surface area contributed by atoms with Gasteiger partial charge in [0.2, 0.25) is 0 Å². The molecule has 49 heavy (non-hydrogen) atoms. The van der Waals surface area contributed by atoms with Crippen LogP contribution in [0.4, 0.5) is 0 Å². The fourth-order valence-electron chi connectivity index (χ4n) is 8.11. The minimum Gasteiger partial charge on any atom is -0.494 e. The molecule has 0 saturated carbocycles. The topological polar surface area (TPSA) is 34.2 Å². The smallest absolute Gasteiger partial charge is 0.172 e. The first-order chi connectivity index (χ1) is 23.9. The highest BCUT2D eigenvalue weighted by Crippen LogP contribution is 2.29. The summed E-state index contributed by atoms with van der Waals surface area (Å²) in [4.78, 5) is 10.4. The molecule has 3 aliphatic rings. The normalized spacial score (nSPS) is 22.0. The lowest BCUT2D eigenvalue weighted by atomic mass is 10.0. The fourth-order valence-corrected chi connectivity index (χ4v) is 8.88. The molecule has 4 atom stereocenters. The van der Waals surface area contributed by atoms with Gasteiger partial charge in [0.05, 0.1) is 12.6 Å². The molecule has 3 aliphatic heterocycles. The van der Waals surface area contributed by atoms with Crippen LogP contribution < -0.4 is 10.1 Å². The molecule has 0 radical (unpaired) electrons. The third-order valence-corrected chi connectivity index (χ3v) is 11.4. The minimum atomic E-state index is 0.291. The van der Waals surface area contributed by atoms with Crippen molar-refractivity contribution in [1.29, 1.82) is 0 Å². The Hall–Kier alpha value is -3.20. The van der Waals surface area contributed by atoms with E-state index in [0.717, 1.165) is 74.5 Å². The Bertz CT molecular complexity index is 1490. The summed E-state index contributed by atoms with van der Waals surface area (Å²) in [6.07, 6.45) is 6.55. The van der Waals surface area contributed by atoms with Crippen molar-refractivity contribution in [2.24, 2.45) is 5.92 Å². The van der Waals surface area contributed by atoms with E-state index in [0.29, 0.717) is 36.7 Å². The zero-order chi connectivity index (χ0) is 34.2. The molecule has 0 unspecified atom stereocenters. The molecule has 3 aromatic rings. The second-order valence-electron chi connectivity index (χ2n) is 14.6. The average Bonchev–Trinajstić information content (AvgIpc) is 3.78. The summed E-state index contributed by atoms with van der Waals surface area (Å²) in [7, 11) is 0. The molecule has 0 amide bonds. The summed E-state index contributed by atoms with van der Waals surface area (Å²) < 4.78 is 5.70. The van der Waals surface area contributed by atoms with Crippen molar-refractivity contribution in [3.8, 4) is 5.75 Å². The Morgan fingerprint density at radius 1 is 0.837 bits per heavy atom. The lowest BCUT2D eigenvalue weighted by Gasteiger charge is -2.37. The summed E-state index contributed by atoms with van der Waals surface area (Å²) in [5.74, 6) is 1.58. The predicted molar refractivity (Wildman–Crippen MR) is 210 cm³/mol. The Kier molecular flexibility index (Phi) is 12.5. The van der Waals surface area contributed by atoms with Crippen LogP contribution in [0.1, 0.15) is 56.7 Å². The van der Waals surface area contributed by atoms with Crippen molar-refractivity contribution in [2.45, 2.75) is 83.5 Å². The van der Waals surface area contributed by atoms with E-state index < -0.39 is 0 Å². The van der Waals surface area contributed by atoms with E-state index >= 15 is 0 Å². The fraction of sp³-hybridized carbons (Fsp3) is 0.512. The number of likely N-dealkylation sites (tertiary alicyclic amines) is 1. The maximum absolute atomic E-state index is 6.46. The van der Waals surface area contributed by atoms with Crippen LogP contribution in [0.3, 0.4) is 0 Å². The molecule has 0 bridgehead atoms. The van der Waals surface area contributed by atoms with Crippen LogP contribution in [0.5, 0.6) is 5.75 Å². The zero-order valence-corrected chi connectivity index (χ0v) is 31.3. The molecule has 6 rings (SSSR count). The third kappa shape index (κ3) is 9.33. The molecule has 3 saturated heterocycles. The van der Waals surface area contributed by atoms with Crippen LogP contribution in [0.15, 0.2) is 84.9 Å². The molecule has 3 fully saturated rings. The molecule has 6 nitrogen and oxygen atoms in total. The molecular formula is C41H55N5OS2.